The third-order valence-electron chi connectivity index (χ3n) is 1.04. The van der Waals surface area contributed by atoms with Crippen LogP contribution < -0.4 is 5.32 Å². The van der Waals surface area contributed by atoms with Crippen LogP contribution in [0.2, 0.25) is 0 Å². The van der Waals surface area contributed by atoms with Gasteiger partial charge in [-0.3, -0.25) is 0 Å². The van der Waals surface area contributed by atoms with Crippen LogP contribution in [0, 0.1) is 6.54 Å². The highest BCUT2D eigenvalue weighted by Crippen LogP contribution is 1.99. The van der Waals surface area contributed by atoms with Crippen LogP contribution >= 0.6 is 0 Å². The molecule has 1 heteroatoms. The van der Waals surface area contributed by atoms with E-state index in [9.17, 15) is 0 Å². The van der Waals surface area contributed by atoms with E-state index in [4.69, 9.17) is 0 Å². The zero-order valence-corrected chi connectivity index (χ0v) is 4.49. The lowest BCUT2D eigenvalue weighted by Gasteiger charge is -2.07. The largest absolute Gasteiger partial charge is 0.304 e. The van der Waals surface area contributed by atoms with Crippen LogP contribution in [0.25, 0.3) is 0 Å². The highest BCUT2D eigenvalue weighted by Gasteiger charge is 1.94. The zero-order chi connectivity index (χ0) is 5.11. The van der Waals surface area contributed by atoms with Crippen molar-refractivity contribution in [2.75, 3.05) is 6.54 Å². The Bertz CT molecular complexity index is 84.2. The van der Waals surface area contributed by atoms with E-state index in [0.29, 0.717) is 0 Å². The Balaban J connectivity index is 2.40. The van der Waals surface area contributed by atoms with Crippen molar-refractivity contribution >= 4 is 0 Å². The van der Waals surface area contributed by atoms with E-state index in [0.717, 1.165) is 13.0 Å². The van der Waals surface area contributed by atoms with Gasteiger partial charge in [0, 0.05) is 6.54 Å². The molecule has 0 amide bonds. The van der Waals surface area contributed by atoms with Crippen molar-refractivity contribution in [2.45, 2.75) is 13.3 Å². The van der Waals surface area contributed by atoms with Crippen molar-refractivity contribution in [3.63, 3.8) is 0 Å². The minimum Gasteiger partial charge on any atom is -0.304 e. The molecule has 0 fully saturated rings. The molecule has 7 heavy (non-hydrogen) atoms. The molecule has 0 aromatic carbocycles. The van der Waals surface area contributed by atoms with Gasteiger partial charge in [-0.15, -0.1) is 0 Å². The van der Waals surface area contributed by atoms with Gasteiger partial charge in [-0.05, 0) is 13.3 Å². The predicted octanol–water partition coefficient (Wildman–Crippen LogP) is 0.965. The summed E-state index contributed by atoms with van der Waals surface area (Å²) < 4.78 is 0. The Hall–Kier alpha value is -0.300. The highest BCUT2D eigenvalue weighted by atomic mass is 14.9. The molecule has 0 unspecified atom stereocenters. The van der Waals surface area contributed by atoms with Crippen LogP contribution in [0.15, 0.2) is 11.6 Å². The zero-order valence-electron chi connectivity index (χ0n) is 4.49. The quantitative estimate of drug-likeness (QED) is 0.442. The smallest absolute Gasteiger partial charge is 0.0630 e. The van der Waals surface area contributed by atoms with Crippen LogP contribution in [0.4, 0.5) is 0 Å². The van der Waals surface area contributed by atoms with E-state index in [1.165, 1.54) is 5.57 Å². The fourth-order valence-electron chi connectivity index (χ4n) is 0.572. The Morgan fingerprint density at radius 2 is 2.71 bits per heavy atom. The Kier molecular flexibility index (Phi) is 1.47. The molecule has 0 aromatic heterocycles. The number of rotatable bonds is 0. The SMILES string of the molecule is CC1=CC[C]NC1. The molecule has 1 heterocycles. The van der Waals surface area contributed by atoms with Crippen molar-refractivity contribution in [2.24, 2.45) is 0 Å². The number of hydrogen-bond donors (Lipinski definition) is 1. The van der Waals surface area contributed by atoms with Gasteiger partial charge < -0.3 is 5.32 Å². The monoisotopic (exact) mass is 95.1 g/mol. The first-order chi connectivity index (χ1) is 3.39. The molecule has 1 rings (SSSR count). The topological polar surface area (TPSA) is 12.0 Å². The standard InChI is InChI=1S/C6H9N/c1-6-3-2-4-7-5-6/h3,7H,2,5H2,1H3. The fraction of sp³-hybridized carbons (Fsp3) is 0.500. The molecule has 0 saturated heterocycles. The first-order valence-corrected chi connectivity index (χ1v) is 2.51. The minimum atomic E-state index is 0.964. The maximum absolute atomic E-state index is 3.02. The molecule has 0 spiro atoms. The van der Waals surface area contributed by atoms with Crippen molar-refractivity contribution in [1.82, 2.24) is 5.32 Å². The van der Waals surface area contributed by atoms with Crippen molar-refractivity contribution in [3.05, 3.63) is 18.2 Å². The second-order valence-corrected chi connectivity index (χ2v) is 1.78. The molecule has 2 radical (unpaired) electrons. The second kappa shape index (κ2) is 2.12. The number of hydrogen-bond acceptors (Lipinski definition) is 1. The molecular weight excluding hydrogens is 86.1 g/mol. The molecule has 1 nitrogen and oxygen atoms in total. The van der Waals surface area contributed by atoms with Crippen LogP contribution in [0.1, 0.15) is 13.3 Å². The lowest BCUT2D eigenvalue weighted by molar-refractivity contribution is 0.794. The van der Waals surface area contributed by atoms with Gasteiger partial charge in [-0.1, -0.05) is 11.6 Å². The van der Waals surface area contributed by atoms with Crippen molar-refractivity contribution < 1.29 is 0 Å². The molecule has 1 aliphatic rings. The van der Waals surface area contributed by atoms with E-state index >= 15 is 0 Å². The maximum Gasteiger partial charge on any atom is 0.0630 e. The van der Waals surface area contributed by atoms with Crippen LogP contribution in [0.5, 0.6) is 0 Å². The van der Waals surface area contributed by atoms with Crippen molar-refractivity contribution in [1.29, 1.82) is 0 Å². The van der Waals surface area contributed by atoms with E-state index in [2.05, 4.69) is 24.9 Å². The summed E-state index contributed by atoms with van der Waals surface area (Å²) in [6.45, 7) is 6.09. The molecule has 0 saturated carbocycles. The van der Waals surface area contributed by atoms with Gasteiger partial charge in [0.25, 0.3) is 0 Å². The Morgan fingerprint density at radius 1 is 1.86 bits per heavy atom. The van der Waals surface area contributed by atoms with Gasteiger partial charge in [0.15, 0.2) is 0 Å². The van der Waals surface area contributed by atoms with E-state index in [1.54, 1.807) is 0 Å². The summed E-state index contributed by atoms with van der Waals surface area (Å²) in [6.07, 6.45) is 3.14. The Labute approximate surface area is 44.4 Å². The molecule has 0 aliphatic carbocycles. The first kappa shape index (κ1) is 4.85. The van der Waals surface area contributed by atoms with Gasteiger partial charge >= 0.3 is 0 Å². The molecule has 0 atom stereocenters. The summed E-state index contributed by atoms with van der Waals surface area (Å²) in [4.78, 5) is 0. The van der Waals surface area contributed by atoms with Gasteiger partial charge in [0.2, 0.25) is 0 Å². The lowest BCUT2D eigenvalue weighted by Crippen LogP contribution is -2.15. The van der Waals surface area contributed by atoms with Crippen molar-refractivity contribution in [3.8, 4) is 0 Å². The average molecular weight is 95.1 g/mol. The highest BCUT2D eigenvalue weighted by molar-refractivity contribution is 5.06. The summed E-state index contributed by atoms with van der Waals surface area (Å²) in [7, 11) is 0. The van der Waals surface area contributed by atoms with E-state index in [1.807, 2.05) is 0 Å². The molecule has 0 aromatic rings. The van der Waals surface area contributed by atoms with E-state index in [-0.39, 0.29) is 0 Å². The Morgan fingerprint density at radius 3 is 3.00 bits per heavy atom. The predicted molar refractivity (Wildman–Crippen MR) is 29.6 cm³/mol. The molecule has 0 bridgehead atoms. The first-order valence-electron chi connectivity index (χ1n) is 2.51. The number of nitrogens with one attached hydrogen (secondary N) is 1. The fourth-order valence-corrected chi connectivity index (χ4v) is 0.572. The molecule has 1 aliphatic heterocycles. The van der Waals surface area contributed by atoms with Crippen LogP contribution in [-0.2, 0) is 0 Å². The summed E-state index contributed by atoms with van der Waals surface area (Å²) in [5, 5.41) is 3.02. The third-order valence-corrected chi connectivity index (χ3v) is 1.04. The summed E-state index contributed by atoms with van der Waals surface area (Å²) >= 11 is 0. The lowest BCUT2D eigenvalue weighted by atomic mass is 10.2. The maximum atomic E-state index is 3.02. The summed E-state index contributed by atoms with van der Waals surface area (Å²) in [6, 6.07) is 0. The average Bonchev–Trinajstić information content (AvgIpc) is 1.69. The van der Waals surface area contributed by atoms with Gasteiger partial charge in [0.05, 0.1) is 6.54 Å². The van der Waals surface area contributed by atoms with Crippen LogP contribution in [-0.4, -0.2) is 6.54 Å². The van der Waals surface area contributed by atoms with E-state index < -0.39 is 0 Å². The molecule has 38 valence electrons. The van der Waals surface area contributed by atoms with Gasteiger partial charge in [-0.25, -0.2) is 0 Å². The summed E-state index contributed by atoms with van der Waals surface area (Å²) in [5.74, 6) is 0. The molecular formula is C6H9N. The minimum absolute atomic E-state index is 0.964. The second-order valence-electron chi connectivity index (χ2n) is 1.78. The molecule has 1 N–H and O–H groups in total. The third kappa shape index (κ3) is 1.32. The van der Waals surface area contributed by atoms with Crippen LogP contribution in [0.3, 0.4) is 0 Å². The summed E-state index contributed by atoms with van der Waals surface area (Å²) in [5.41, 5.74) is 1.42. The normalized spacial score (nSPS) is 21.6. The van der Waals surface area contributed by atoms with Gasteiger partial charge in [0.1, 0.15) is 0 Å². The van der Waals surface area contributed by atoms with Gasteiger partial charge in [-0.2, -0.15) is 0 Å².